The monoisotopic (exact) mass is 438 g/mol. The summed E-state index contributed by atoms with van der Waals surface area (Å²) in [4.78, 5) is 7.33. The van der Waals surface area contributed by atoms with E-state index in [2.05, 4.69) is 42.4 Å². The molecule has 7 heteroatoms. The molecule has 1 aromatic rings. The zero-order valence-electron chi connectivity index (χ0n) is 18.8. The van der Waals surface area contributed by atoms with Crippen molar-refractivity contribution in [3.8, 4) is 0 Å². The summed E-state index contributed by atoms with van der Waals surface area (Å²) >= 11 is 6.28. The first-order valence-electron chi connectivity index (χ1n) is 11.3. The van der Waals surface area contributed by atoms with Crippen LogP contribution in [-0.2, 0) is 4.74 Å². The maximum Gasteiger partial charge on any atom is 0.191 e. The topological polar surface area (TPSA) is 69.1 Å². The maximum atomic E-state index is 9.50. The molecule has 1 aliphatic rings. The van der Waals surface area contributed by atoms with Crippen molar-refractivity contribution < 1.29 is 9.84 Å². The minimum Gasteiger partial charge on any atom is -0.396 e. The third-order valence-electron chi connectivity index (χ3n) is 6.24. The van der Waals surface area contributed by atoms with E-state index in [4.69, 9.17) is 21.3 Å². The van der Waals surface area contributed by atoms with E-state index in [0.717, 1.165) is 69.6 Å². The number of aliphatic imine (C=N–C) groups is 1. The number of guanidine groups is 1. The fourth-order valence-electron chi connectivity index (χ4n) is 3.99. The van der Waals surface area contributed by atoms with Gasteiger partial charge in [0.1, 0.15) is 0 Å². The Morgan fingerprint density at radius 2 is 1.97 bits per heavy atom. The molecular formula is C23H39ClN4O2. The number of hydrogen-bond acceptors (Lipinski definition) is 4. The molecule has 1 heterocycles. The van der Waals surface area contributed by atoms with E-state index in [-0.39, 0.29) is 18.1 Å². The van der Waals surface area contributed by atoms with Crippen LogP contribution in [-0.4, -0.2) is 68.5 Å². The molecule has 0 spiro atoms. The summed E-state index contributed by atoms with van der Waals surface area (Å²) in [6, 6.07) is 8.30. The van der Waals surface area contributed by atoms with Crippen molar-refractivity contribution in [3.05, 3.63) is 34.9 Å². The lowest BCUT2D eigenvalue weighted by molar-refractivity contribution is 0.0170. The van der Waals surface area contributed by atoms with Gasteiger partial charge in [0.05, 0.1) is 19.3 Å². The summed E-state index contributed by atoms with van der Waals surface area (Å²) < 4.78 is 5.55. The first kappa shape index (κ1) is 24.9. The number of halogens is 1. The summed E-state index contributed by atoms with van der Waals surface area (Å²) in [5, 5.41) is 17.2. The van der Waals surface area contributed by atoms with Crippen LogP contribution in [0, 0.1) is 5.41 Å². The third kappa shape index (κ3) is 7.41. The highest BCUT2D eigenvalue weighted by Crippen LogP contribution is 2.30. The first-order valence-corrected chi connectivity index (χ1v) is 11.7. The number of hydrogen-bond donors (Lipinski definition) is 3. The first-order chi connectivity index (χ1) is 14.6. The Kier molecular flexibility index (Phi) is 10.9. The van der Waals surface area contributed by atoms with E-state index < -0.39 is 0 Å². The number of nitrogens with zero attached hydrogens (tertiary/aromatic N) is 2. The average Bonchev–Trinajstić information content (AvgIpc) is 2.77. The van der Waals surface area contributed by atoms with Gasteiger partial charge in [-0.1, -0.05) is 37.6 Å². The second-order valence-corrected chi connectivity index (χ2v) is 8.41. The number of rotatable bonds is 11. The quantitative estimate of drug-likeness (QED) is 0.364. The lowest BCUT2D eigenvalue weighted by atomic mass is 9.79. The van der Waals surface area contributed by atoms with Gasteiger partial charge in [0.25, 0.3) is 0 Å². The molecule has 1 atom stereocenters. The van der Waals surface area contributed by atoms with Gasteiger partial charge in [-0.3, -0.25) is 9.89 Å². The summed E-state index contributed by atoms with van der Waals surface area (Å²) in [6.07, 6.45) is 2.79. The number of aliphatic hydroxyl groups is 1. The molecule has 1 saturated heterocycles. The molecule has 1 aliphatic heterocycles. The Bertz CT molecular complexity index is 646. The van der Waals surface area contributed by atoms with E-state index in [9.17, 15) is 5.11 Å². The van der Waals surface area contributed by atoms with E-state index >= 15 is 0 Å². The van der Waals surface area contributed by atoms with Crippen LogP contribution in [0.5, 0.6) is 0 Å². The molecule has 1 fully saturated rings. The molecule has 1 aromatic carbocycles. The van der Waals surface area contributed by atoms with Gasteiger partial charge in [-0.15, -0.1) is 0 Å². The summed E-state index contributed by atoms with van der Waals surface area (Å²) in [5.41, 5.74) is 1.25. The largest absolute Gasteiger partial charge is 0.396 e. The van der Waals surface area contributed by atoms with Crippen LogP contribution in [0.2, 0.25) is 5.02 Å². The minimum atomic E-state index is 0.0493. The lowest BCUT2D eigenvalue weighted by Gasteiger charge is -2.35. The molecule has 1 unspecified atom stereocenters. The number of benzene rings is 1. The van der Waals surface area contributed by atoms with Gasteiger partial charge in [0.2, 0.25) is 0 Å². The molecule has 0 amide bonds. The molecule has 0 bridgehead atoms. The zero-order valence-corrected chi connectivity index (χ0v) is 19.5. The molecule has 0 saturated carbocycles. The van der Waals surface area contributed by atoms with Crippen molar-refractivity contribution in [2.24, 2.45) is 10.4 Å². The average molecular weight is 439 g/mol. The van der Waals surface area contributed by atoms with Crippen LogP contribution in [0.1, 0.15) is 51.6 Å². The fourth-order valence-corrected chi connectivity index (χ4v) is 4.18. The van der Waals surface area contributed by atoms with E-state index in [1.807, 2.05) is 18.2 Å². The van der Waals surface area contributed by atoms with Crippen molar-refractivity contribution >= 4 is 17.6 Å². The van der Waals surface area contributed by atoms with Crippen molar-refractivity contribution in [3.63, 3.8) is 0 Å². The van der Waals surface area contributed by atoms with E-state index in [1.165, 1.54) is 5.56 Å². The molecule has 6 nitrogen and oxygen atoms in total. The van der Waals surface area contributed by atoms with E-state index in [1.54, 1.807) is 0 Å². The maximum absolute atomic E-state index is 9.50. The van der Waals surface area contributed by atoms with Crippen LogP contribution >= 0.6 is 11.6 Å². The van der Waals surface area contributed by atoms with Crippen molar-refractivity contribution in [2.75, 3.05) is 52.5 Å². The van der Waals surface area contributed by atoms with Crippen molar-refractivity contribution in [1.29, 1.82) is 0 Å². The molecule has 0 radical (unpaired) electrons. The molecule has 3 N–H and O–H groups in total. The van der Waals surface area contributed by atoms with Crippen LogP contribution in [0.15, 0.2) is 29.3 Å². The van der Waals surface area contributed by atoms with Crippen molar-refractivity contribution in [1.82, 2.24) is 15.5 Å². The normalized spacial score (nSPS) is 17.0. The smallest absolute Gasteiger partial charge is 0.191 e. The summed E-state index contributed by atoms with van der Waals surface area (Å²) in [6.45, 7) is 12.2. The zero-order chi connectivity index (χ0) is 21.8. The Labute approximate surface area is 187 Å². The summed E-state index contributed by atoms with van der Waals surface area (Å²) in [5.74, 6) is 0.821. The van der Waals surface area contributed by atoms with Gasteiger partial charge >= 0.3 is 0 Å². The predicted molar refractivity (Wildman–Crippen MR) is 125 cm³/mol. The van der Waals surface area contributed by atoms with Crippen LogP contribution in [0.25, 0.3) is 0 Å². The number of ether oxygens (including phenoxy) is 1. The Morgan fingerprint density at radius 1 is 1.23 bits per heavy atom. The molecule has 2 rings (SSSR count). The number of morpholine rings is 1. The highest BCUT2D eigenvalue weighted by atomic mass is 35.5. The van der Waals surface area contributed by atoms with Gasteiger partial charge in [0, 0.05) is 44.4 Å². The second-order valence-electron chi connectivity index (χ2n) is 7.98. The lowest BCUT2D eigenvalue weighted by Crippen LogP contribution is -2.46. The standard InChI is InChI=1S/C23H39ClN4O2/c1-4-23(5-2,10-13-29)18-27-22(25-6-3)26-17-21(28-11-14-30-15-12-28)19-8-7-9-20(24)16-19/h7-9,16,21,29H,4-6,10-15,17-18H2,1-3H3,(H2,25,26,27). The Morgan fingerprint density at radius 3 is 2.57 bits per heavy atom. The van der Waals surface area contributed by atoms with Crippen LogP contribution in [0.4, 0.5) is 0 Å². The van der Waals surface area contributed by atoms with Gasteiger partial charge in [-0.25, -0.2) is 0 Å². The summed E-state index contributed by atoms with van der Waals surface area (Å²) in [7, 11) is 0. The molecule has 0 aliphatic carbocycles. The number of nitrogens with one attached hydrogen (secondary N) is 2. The minimum absolute atomic E-state index is 0.0493. The highest BCUT2D eigenvalue weighted by Gasteiger charge is 2.26. The molecule has 0 aromatic heterocycles. The van der Waals surface area contributed by atoms with Crippen molar-refractivity contribution in [2.45, 2.75) is 46.1 Å². The second kappa shape index (κ2) is 13.2. The number of aliphatic hydroxyl groups excluding tert-OH is 1. The van der Waals surface area contributed by atoms with Gasteiger partial charge in [-0.2, -0.15) is 0 Å². The van der Waals surface area contributed by atoms with Gasteiger partial charge in [0.15, 0.2) is 5.96 Å². The highest BCUT2D eigenvalue weighted by molar-refractivity contribution is 6.30. The van der Waals surface area contributed by atoms with Gasteiger partial charge < -0.3 is 20.5 Å². The molecule has 170 valence electrons. The Balaban J connectivity index is 2.14. The van der Waals surface area contributed by atoms with Crippen LogP contribution in [0.3, 0.4) is 0 Å². The SMILES string of the molecule is CCNC(=NCC(CC)(CC)CCO)NCC(c1cccc(Cl)c1)N1CCOCC1. The molecular weight excluding hydrogens is 400 g/mol. The predicted octanol–water partition coefficient (Wildman–Crippen LogP) is 3.46. The Hall–Kier alpha value is -1.34. The fraction of sp³-hybridized carbons (Fsp3) is 0.696. The third-order valence-corrected chi connectivity index (χ3v) is 6.48. The van der Waals surface area contributed by atoms with Crippen LogP contribution < -0.4 is 10.6 Å². The van der Waals surface area contributed by atoms with Gasteiger partial charge in [-0.05, 0) is 49.3 Å². The van der Waals surface area contributed by atoms with E-state index in [0.29, 0.717) is 6.54 Å². The molecule has 30 heavy (non-hydrogen) atoms.